The van der Waals surface area contributed by atoms with Crippen molar-refractivity contribution in [1.82, 2.24) is 4.98 Å². The number of alkyl halides is 3. The van der Waals surface area contributed by atoms with Crippen molar-refractivity contribution >= 4 is 23.1 Å². The molecule has 178 valence electrons. The van der Waals surface area contributed by atoms with E-state index in [2.05, 4.69) is 9.72 Å². The lowest BCUT2D eigenvalue weighted by Crippen LogP contribution is -2.27. The number of nitrogens with two attached hydrogens (primary N) is 1. The number of benzene rings is 2. The molecule has 0 atom stereocenters. The Morgan fingerprint density at radius 2 is 1.82 bits per heavy atom. The Hall–Kier alpha value is -4.49. The largest absolute Gasteiger partial charge is 0.573 e. The standard InChI is InChI=1S/C20H13F5N4O5/c1-28(19(30)10-3-2-4-11(7-10)34-20(23,24)25)14-9-16(13(22)8-12(14)21)33-15-5-6-27-18(26)17(15)29(31)32/h2-9H,1H3,(H2,26,27). The summed E-state index contributed by atoms with van der Waals surface area (Å²) >= 11 is 0. The minimum Gasteiger partial charge on any atom is -0.447 e. The van der Waals surface area contributed by atoms with Crippen LogP contribution in [0.1, 0.15) is 10.4 Å². The van der Waals surface area contributed by atoms with Crippen LogP contribution in [0, 0.1) is 21.7 Å². The smallest absolute Gasteiger partial charge is 0.447 e. The second-order valence-electron chi connectivity index (χ2n) is 6.58. The third-order valence-corrected chi connectivity index (χ3v) is 4.30. The number of nitrogens with zero attached hydrogens (tertiary/aromatic N) is 3. The van der Waals surface area contributed by atoms with Gasteiger partial charge >= 0.3 is 12.0 Å². The first-order valence-corrected chi connectivity index (χ1v) is 9.07. The molecule has 0 aliphatic heterocycles. The van der Waals surface area contributed by atoms with E-state index in [9.17, 15) is 36.9 Å². The minimum absolute atomic E-state index is 0.298. The maximum Gasteiger partial charge on any atom is 0.573 e. The van der Waals surface area contributed by atoms with E-state index in [1.54, 1.807) is 0 Å². The monoisotopic (exact) mass is 484 g/mol. The fourth-order valence-electron chi connectivity index (χ4n) is 2.82. The van der Waals surface area contributed by atoms with Gasteiger partial charge in [-0.05, 0) is 18.2 Å². The van der Waals surface area contributed by atoms with Gasteiger partial charge in [0.2, 0.25) is 11.6 Å². The molecule has 0 radical (unpaired) electrons. The van der Waals surface area contributed by atoms with Crippen LogP contribution < -0.4 is 20.1 Å². The summed E-state index contributed by atoms with van der Waals surface area (Å²) in [5, 5.41) is 11.2. The molecular formula is C20H13F5N4O5. The van der Waals surface area contributed by atoms with Crippen molar-refractivity contribution in [2.45, 2.75) is 6.36 Å². The van der Waals surface area contributed by atoms with Crippen LogP contribution in [0.3, 0.4) is 0 Å². The van der Waals surface area contributed by atoms with Gasteiger partial charge in [-0.1, -0.05) is 6.07 Å². The molecule has 0 saturated heterocycles. The zero-order chi connectivity index (χ0) is 25.2. The summed E-state index contributed by atoms with van der Waals surface area (Å²) in [6, 6.07) is 6.16. The lowest BCUT2D eigenvalue weighted by Gasteiger charge is -2.20. The number of aromatic nitrogens is 1. The highest BCUT2D eigenvalue weighted by molar-refractivity contribution is 6.06. The van der Waals surface area contributed by atoms with Gasteiger partial charge in [0, 0.05) is 37.0 Å². The number of pyridine rings is 1. The van der Waals surface area contributed by atoms with Gasteiger partial charge in [-0.25, -0.2) is 13.8 Å². The Morgan fingerprint density at radius 3 is 2.47 bits per heavy atom. The van der Waals surface area contributed by atoms with Crippen LogP contribution in [0.2, 0.25) is 0 Å². The number of nitrogen functional groups attached to an aromatic ring is 1. The van der Waals surface area contributed by atoms with E-state index in [0.29, 0.717) is 11.0 Å². The van der Waals surface area contributed by atoms with Crippen molar-refractivity contribution in [1.29, 1.82) is 0 Å². The molecule has 0 bridgehead atoms. The Labute approximate surface area is 187 Å². The molecule has 9 nitrogen and oxygen atoms in total. The van der Waals surface area contributed by atoms with Gasteiger partial charge in [-0.3, -0.25) is 14.9 Å². The van der Waals surface area contributed by atoms with E-state index in [0.717, 1.165) is 49.6 Å². The first kappa shape index (κ1) is 24.2. The molecule has 0 saturated carbocycles. The molecular weight excluding hydrogens is 471 g/mol. The normalized spacial score (nSPS) is 11.1. The van der Waals surface area contributed by atoms with Crippen LogP contribution >= 0.6 is 0 Å². The third-order valence-electron chi connectivity index (χ3n) is 4.30. The van der Waals surface area contributed by atoms with Gasteiger partial charge in [-0.15, -0.1) is 13.2 Å². The number of carbonyl (C=O) groups is 1. The van der Waals surface area contributed by atoms with Crippen molar-refractivity contribution in [3.63, 3.8) is 0 Å². The molecule has 0 spiro atoms. The van der Waals surface area contributed by atoms with E-state index in [1.165, 1.54) is 0 Å². The molecule has 2 N–H and O–H groups in total. The van der Waals surface area contributed by atoms with Crippen molar-refractivity contribution < 1.29 is 41.1 Å². The summed E-state index contributed by atoms with van der Waals surface area (Å²) in [4.78, 5) is 27.3. The van der Waals surface area contributed by atoms with Crippen LogP contribution in [0.4, 0.5) is 39.1 Å². The lowest BCUT2D eigenvalue weighted by molar-refractivity contribution is -0.384. The predicted molar refractivity (Wildman–Crippen MR) is 108 cm³/mol. The van der Waals surface area contributed by atoms with Crippen LogP contribution in [0.15, 0.2) is 48.7 Å². The van der Waals surface area contributed by atoms with Crippen molar-refractivity contribution in [3.05, 3.63) is 76.0 Å². The van der Waals surface area contributed by atoms with E-state index in [1.807, 2.05) is 0 Å². The highest BCUT2D eigenvalue weighted by Gasteiger charge is 2.31. The van der Waals surface area contributed by atoms with Gasteiger partial charge in [0.15, 0.2) is 11.6 Å². The van der Waals surface area contributed by atoms with Gasteiger partial charge in [-0.2, -0.15) is 0 Å². The Balaban J connectivity index is 1.95. The quantitative estimate of drug-likeness (QED) is 0.303. The summed E-state index contributed by atoms with van der Waals surface area (Å²) in [5.41, 5.74) is 3.85. The van der Waals surface area contributed by atoms with Crippen molar-refractivity contribution in [3.8, 4) is 17.2 Å². The number of anilines is 2. The first-order valence-electron chi connectivity index (χ1n) is 9.07. The number of hydrogen-bond donors (Lipinski definition) is 1. The second-order valence-corrected chi connectivity index (χ2v) is 6.58. The topological polar surface area (TPSA) is 121 Å². The van der Waals surface area contributed by atoms with Gasteiger partial charge < -0.3 is 20.1 Å². The Kier molecular flexibility index (Phi) is 6.51. The molecule has 3 rings (SSSR count). The van der Waals surface area contributed by atoms with E-state index in [-0.39, 0.29) is 5.56 Å². The zero-order valence-electron chi connectivity index (χ0n) is 17.0. The summed E-state index contributed by atoms with van der Waals surface area (Å²) < 4.78 is 75.1. The van der Waals surface area contributed by atoms with Crippen LogP contribution in [-0.4, -0.2) is 29.2 Å². The third kappa shape index (κ3) is 5.28. The van der Waals surface area contributed by atoms with Gasteiger partial charge in [0.05, 0.1) is 10.6 Å². The van der Waals surface area contributed by atoms with E-state index in [4.69, 9.17) is 10.5 Å². The number of halogens is 5. The fourth-order valence-corrected chi connectivity index (χ4v) is 2.82. The number of nitro groups is 1. The highest BCUT2D eigenvalue weighted by atomic mass is 19.4. The average molecular weight is 484 g/mol. The average Bonchev–Trinajstić information content (AvgIpc) is 2.73. The highest BCUT2D eigenvalue weighted by Crippen LogP contribution is 2.37. The van der Waals surface area contributed by atoms with Crippen LogP contribution in [0.5, 0.6) is 17.2 Å². The second kappa shape index (κ2) is 9.17. The predicted octanol–water partition coefficient (Wildman–Crippen LogP) is 4.82. The maximum absolute atomic E-state index is 14.5. The molecule has 14 heteroatoms. The molecule has 2 aromatic carbocycles. The molecule has 0 aliphatic carbocycles. The number of hydrogen-bond acceptors (Lipinski definition) is 7. The van der Waals surface area contributed by atoms with Gasteiger partial charge in [0.25, 0.3) is 5.91 Å². The molecule has 0 unspecified atom stereocenters. The Bertz CT molecular complexity index is 1270. The van der Waals surface area contributed by atoms with Crippen LogP contribution in [-0.2, 0) is 0 Å². The molecule has 1 aromatic heterocycles. The van der Waals surface area contributed by atoms with Gasteiger partial charge in [0.1, 0.15) is 11.6 Å². The van der Waals surface area contributed by atoms with Crippen molar-refractivity contribution in [2.75, 3.05) is 17.7 Å². The molecule has 1 heterocycles. The first-order chi connectivity index (χ1) is 15.9. The number of rotatable bonds is 6. The summed E-state index contributed by atoms with van der Waals surface area (Å²) in [6.45, 7) is 0. The lowest BCUT2D eigenvalue weighted by atomic mass is 10.1. The van der Waals surface area contributed by atoms with Crippen molar-refractivity contribution in [2.24, 2.45) is 0 Å². The summed E-state index contributed by atoms with van der Waals surface area (Å²) in [7, 11) is 1.08. The summed E-state index contributed by atoms with van der Waals surface area (Å²) in [5.74, 6) is -5.84. The number of amides is 1. The fraction of sp³-hybridized carbons (Fsp3) is 0.100. The molecule has 0 aliphatic rings. The Morgan fingerprint density at radius 1 is 1.12 bits per heavy atom. The van der Waals surface area contributed by atoms with Crippen LogP contribution in [0.25, 0.3) is 0 Å². The van der Waals surface area contributed by atoms with E-state index >= 15 is 0 Å². The number of carbonyl (C=O) groups excluding carboxylic acids is 1. The van der Waals surface area contributed by atoms with E-state index < -0.39 is 63.3 Å². The molecule has 34 heavy (non-hydrogen) atoms. The number of ether oxygens (including phenoxy) is 2. The molecule has 1 amide bonds. The SMILES string of the molecule is CN(C(=O)c1cccc(OC(F)(F)F)c1)c1cc(Oc2ccnc(N)c2[N+](=O)[O-])c(F)cc1F. The zero-order valence-corrected chi connectivity index (χ0v) is 17.0. The summed E-state index contributed by atoms with van der Waals surface area (Å²) in [6.07, 6.45) is -3.94. The minimum atomic E-state index is -5.00. The maximum atomic E-state index is 14.5. The molecule has 0 fully saturated rings. The molecule has 3 aromatic rings.